The summed E-state index contributed by atoms with van der Waals surface area (Å²) in [6.07, 6.45) is 1.21. The van der Waals surface area contributed by atoms with Crippen molar-refractivity contribution < 1.29 is 18.1 Å². The summed E-state index contributed by atoms with van der Waals surface area (Å²) in [6, 6.07) is 23.3. The van der Waals surface area contributed by atoms with Crippen LogP contribution < -0.4 is 9.73 Å². The molecule has 0 radical (unpaired) electrons. The lowest BCUT2D eigenvalue weighted by Gasteiger charge is -2.19. The SMILES string of the molecule is O=C(N/N=C\c1ccccc1[N+](=O)[O-])c1ccc(CN2c3cccc4cccc(c34)S2(=O)=O)cc1. The van der Waals surface area contributed by atoms with E-state index in [1.165, 1.54) is 22.7 Å². The Morgan fingerprint density at radius 1 is 0.971 bits per heavy atom. The summed E-state index contributed by atoms with van der Waals surface area (Å²) in [5.74, 6) is -0.502. The molecule has 1 aliphatic heterocycles. The topological polar surface area (TPSA) is 122 Å². The summed E-state index contributed by atoms with van der Waals surface area (Å²) in [6.45, 7) is 0.119. The molecule has 0 aromatic heterocycles. The quantitative estimate of drug-likeness (QED) is 0.248. The van der Waals surface area contributed by atoms with Crippen molar-refractivity contribution in [2.75, 3.05) is 4.31 Å². The number of anilines is 1. The zero-order chi connectivity index (χ0) is 24.6. The Morgan fingerprint density at radius 2 is 1.69 bits per heavy atom. The van der Waals surface area contributed by atoms with Crippen molar-refractivity contribution in [3.05, 3.63) is 112 Å². The minimum absolute atomic E-state index is 0.119. The molecule has 4 aromatic rings. The largest absolute Gasteiger partial charge is 0.278 e. The minimum Gasteiger partial charge on any atom is -0.267 e. The fourth-order valence-electron chi connectivity index (χ4n) is 4.04. The maximum absolute atomic E-state index is 13.1. The van der Waals surface area contributed by atoms with Gasteiger partial charge in [0.1, 0.15) is 0 Å². The number of carbonyl (C=O) groups is 1. The number of carbonyl (C=O) groups excluding carboxylic acids is 1. The molecule has 10 heteroatoms. The third-order valence-corrected chi connectivity index (χ3v) is 7.53. The second-order valence-electron chi connectivity index (χ2n) is 7.86. The van der Waals surface area contributed by atoms with Crippen molar-refractivity contribution in [1.82, 2.24) is 5.43 Å². The van der Waals surface area contributed by atoms with Crippen molar-refractivity contribution in [3.63, 3.8) is 0 Å². The lowest BCUT2D eigenvalue weighted by molar-refractivity contribution is -0.385. The molecule has 0 saturated carbocycles. The number of amides is 1. The second kappa shape index (κ2) is 8.65. The number of hydrogen-bond donors (Lipinski definition) is 1. The smallest absolute Gasteiger partial charge is 0.267 e. The number of para-hydroxylation sites is 1. The van der Waals surface area contributed by atoms with Crippen molar-refractivity contribution in [3.8, 4) is 0 Å². The van der Waals surface area contributed by atoms with E-state index >= 15 is 0 Å². The van der Waals surface area contributed by atoms with Gasteiger partial charge < -0.3 is 0 Å². The number of sulfonamides is 1. The molecule has 35 heavy (non-hydrogen) atoms. The van der Waals surface area contributed by atoms with Gasteiger partial charge in [0.05, 0.1) is 33.8 Å². The molecule has 0 spiro atoms. The number of hydrogen-bond acceptors (Lipinski definition) is 6. The van der Waals surface area contributed by atoms with Crippen LogP contribution in [0.4, 0.5) is 11.4 Å². The summed E-state index contributed by atoms with van der Waals surface area (Å²) in [7, 11) is -3.68. The molecule has 0 saturated heterocycles. The zero-order valence-corrected chi connectivity index (χ0v) is 19.0. The van der Waals surface area contributed by atoms with E-state index in [0.717, 1.165) is 5.39 Å². The number of nitrogens with one attached hydrogen (secondary N) is 1. The number of hydrazone groups is 1. The average molecular weight is 487 g/mol. The molecule has 9 nitrogen and oxygen atoms in total. The van der Waals surface area contributed by atoms with E-state index in [1.807, 2.05) is 18.2 Å². The van der Waals surface area contributed by atoms with Gasteiger partial charge in [-0.25, -0.2) is 13.8 Å². The van der Waals surface area contributed by atoms with Crippen molar-refractivity contribution in [2.24, 2.45) is 5.10 Å². The molecular weight excluding hydrogens is 468 g/mol. The lowest BCUT2D eigenvalue weighted by atomic mass is 10.1. The summed E-state index contributed by atoms with van der Waals surface area (Å²) < 4.78 is 27.7. The number of nitrogens with zero attached hydrogens (tertiary/aromatic N) is 3. The van der Waals surface area contributed by atoms with Crippen LogP contribution in [-0.4, -0.2) is 25.5 Å². The standard InChI is InChI=1S/C25H18N4O5S/c30-25(27-26-15-20-5-1-2-8-21(20)29(31)32)19-13-11-17(12-14-19)16-28-22-9-3-6-18-7-4-10-23(24(18)22)35(28,33)34/h1-15H,16H2,(H,27,30)/b26-15-. The Labute approximate surface area is 200 Å². The Bertz CT molecular complexity index is 1610. The number of rotatable bonds is 6. The van der Waals surface area contributed by atoms with Gasteiger partial charge in [-0.05, 0) is 41.3 Å². The Kier molecular flexibility index (Phi) is 5.50. The van der Waals surface area contributed by atoms with E-state index in [1.54, 1.807) is 54.6 Å². The minimum atomic E-state index is -3.68. The molecule has 0 unspecified atom stereocenters. The Hall–Kier alpha value is -4.57. The highest BCUT2D eigenvalue weighted by molar-refractivity contribution is 7.93. The predicted octanol–water partition coefficient (Wildman–Crippen LogP) is 4.22. The molecule has 4 aromatic carbocycles. The molecule has 1 aliphatic rings. The van der Waals surface area contributed by atoms with Crippen molar-refractivity contribution in [2.45, 2.75) is 11.4 Å². The van der Waals surface area contributed by atoms with Crippen LogP contribution in [0.5, 0.6) is 0 Å². The first kappa shape index (κ1) is 22.2. The fourth-order valence-corrected chi connectivity index (χ4v) is 5.74. The normalized spacial score (nSPS) is 13.9. The zero-order valence-electron chi connectivity index (χ0n) is 18.2. The molecule has 0 aliphatic carbocycles. The molecule has 5 rings (SSSR count). The highest BCUT2D eigenvalue weighted by Gasteiger charge is 2.35. The number of nitro groups is 1. The van der Waals surface area contributed by atoms with Gasteiger partial charge in [0.15, 0.2) is 0 Å². The molecule has 0 bridgehead atoms. The fraction of sp³-hybridized carbons (Fsp3) is 0.0400. The van der Waals surface area contributed by atoms with Crippen molar-refractivity contribution >= 4 is 44.3 Å². The van der Waals surface area contributed by atoms with Gasteiger partial charge in [-0.15, -0.1) is 0 Å². The highest BCUT2D eigenvalue weighted by atomic mass is 32.2. The summed E-state index contributed by atoms with van der Waals surface area (Å²) >= 11 is 0. The van der Waals surface area contributed by atoms with E-state index in [2.05, 4.69) is 10.5 Å². The number of nitro benzene ring substituents is 1. The van der Waals surface area contributed by atoms with Crippen molar-refractivity contribution in [1.29, 1.82) is 0 Å². The van der Waals surface area contributed by atoms with E-state index in [0.29, 0.717) is 22.2 Å². The van der Waals surface area contributed by atoms with Gasteiger partial charge in [0, 0.05) is 17.0 Å². The Morgan fingerprint density at radius 3 is 2.43 bits per heavy atom. The summed E-state index contributed by atoms with van der Waals surface area (Å²) in [4.78, 5) is 23.3. The van der Waals surface area contributed by atoms with Crippen LogP contribution >= 0.6 is 0 Å². The lowest BCUT2D eigenvalue weighted by Crippen LogP contribution is -2.26. The van der Waals surface area contributed by atoms with Gasteiger partial charge in [-0.3, -0.25) is 19.2 Å². The van der Waals surface area contributed by atoms with Crippen LogP contribution in [0.25, 0.3) is 10.8 Å². The molecule has 1 amide bonds. The first-order valence-electron chi connectivity index (χ1n) is 10.6. The van der Waals surface area contributed by atoms with Crippen LogP contribution in [0, 0.1) is 10.1 Å². The first-order chi connectivity index (χ1) is 16.9. The van der Waals surface area contributed by atoms with Crippen LogP contribution in [-0.2, 0) is 16.6 Å². The van der Waals surface area contributed by atoms with Gasteiger partial charge in [-0.2, -0.15) is 5.10 Å². The highest BCUT2D eigenvalue weighted by Crippen LogP contribution is 2.42. The van der Waals surface area contributed by atoms with E-state index < -0.39 is 20.9 Å². The van der Waals surface area contributed by atoms with Crippen LogP contribution in [0.2, 0.25) is 0 Å². The van der Waals surface area contributed by atoms with E-state index in [4.69, 9.17) is 0 Å². The van der Waals surface area contributed by atoms with Gasteiger partial charge in [0.25, 0.3) is 21.6 Å². The van der Waals surface area contributed by atoms with E-state index in [-0.39, 0.29) is 22.7 Å². The molecule has 0 atom stereocenters. The molecular formula is C25H18N4O5S. The van der Waals surface area contributed by atoms with Gasteiger partial charge >= 0.3 is 0 Å². The van der Waals surface area contributed by atoms with Crippen LogP contribution in [0.3, 0.4) is 0 Å². The second-order valence-corrected chi connectivity index (χ2v) is 9.69. The third kappa shape index (κ3) is 4.00. The monoisotopic (exact) mass is 486 g/mol. The maximum atomic E-state index is 13.1. The average Bonchev–Trinajstić information content (AvgIpc) is 3.08. The van der Waals surface area contributed by atoms with E-state index in [9.17, 15) is 23.3 Å². The summed E-state index contributed by atoms with van der Waals surface area (Å²) in [5.41, 5.74) is 4.13. The summed E-state index contributed by atoms with van der Waals surface area (Å²) in [5, 5.41) is 16.5. The first-order valence-corrected chi connectivity index (χ1v) is 12.0. The van der Waals surface area contributed by atoms with Crippen LogP contribution in [0.1, 0.15) is 21.5 Å². The maximum Gasteiger partial charge on any atom is 0.278 e. The van der Waals surface area contributed by atoms with Crippen LogP contribution in [0.15, 0.2) is 94.9 Å². The number of benzene rings is 4. The third-order valence-electron chi connectivity index (χ3n) is 5.73. The molecule has 0 fully saturated rings. The molecule has 174 valence electrons. The molecule has 1 heterocycles. The molecule has 1 N–H and O–H groups in total. The Balaban J connectivity index is 1.31. The van der Waals surface area contributed by atoms with Gasteiger partial charge in [-0.1, -0.05) is 48.5 Å². The van der Waals surface area contributed by atoms with Gasteiger partial charge in [0.2, 0.25) is 0 Å². The predicted molar refractivity (Wildman–Crippen MR) is 132 cm³/mol.